The predicted octanol–water partition coefficient (Wildman–Crippen LogP) is 1.86. The maximum absolute atomic E-state index is 8.16. The van der Waals surface area contributed by atoms with Gasteiger partial charge in [-0.25, -0.2) is 0 Å². The zero-order valence-electron chi connectivity index (χ0n) is 4.89. The minimum absolute atomic E-state index is 0.338. The lowest BCUT2D eigenvalue weighted by Gasteiger charge is -1.92. The molecule has 0 unspecified atom stereocenters. The Balaban J connectivity index is 3.38. The average molecular weight is 136 g/mol. The number of hydrogen-bond donors (Lipinski definition) is 1. The quantitative estimate of drug-likeness (QED) is 0.273. The minimum Gasteiger partial charge on any atom is -0.411 e. The fourth-order valence-electron chi connectivity index (χ4n) is 0.432. The largest absolute Gasteiger partial charge is 0.411 e. The molecule has 0 aliphatic carbocycles. The van der Waals surface area contributed by atoms with Crippen molar-refractivity contribution < 1.29 is 5.21 Å². The second-order valence-electron chi connectivity index (χ2n) is 1.55. The average Bonchev–Trinajstić information content (AvgIpc) is 1.83. The first-order chi connectivity index (χ1) is 3.85. The monoisotopic (exact) mass is 135 g/mol. The Labute approximate surface area is 54.1 Å². The summed E-state index contributed by atoms with van der Waals surface area (Å²) in [5, 5.41) is 11.1. The van der Waals surface area contributed by atoms with Crippen molar-refractivity contribution in [2.75, 3.05) is 5.88 Å². The molecule has 8 heavy (non-hydrogen) atoms. The Morgan fingerprint density at radius 1 is 1.75 bits per heavy atom. The molecule has 0 aliphatic heterocycles. The lowest BCUT2D eigenvalue weighted by Crippen LogP contribution is -1.97. The van der Waals surface area contributed by atoms with Gasteiger partial charge in [0.2, 0.25) is 0 Å². The molecule has 0 heterocycles. The van der Waals surface area contributed by atoms with E-state index in [1.54, 1.807) is 0 Å². The van der Waals surface area contributed by atoms with Crippen LogP contribution < -0.4 is 0 Å². The molecule has 0 radical (unpaired) electrons. The molecule has 0 rings (SSSR count). The highest BCUT2D eigenvalue weighted by atomic mass is 35.5. The van der Waals surface area contributed by atoms with Gasteiger partial charge in [0.1, 0.15) is 0 Å². The molecule has 0 aliphatic rings. The summed E-state index contributed by atoms with van der Waals surface area (Å²) in [5.74, 6) is 0.338. The zero-order chi connectivity index (χ0) is 6.41. The Kier molecular flexibility index (Phi) is 4.76. The van der Waals surface area contributed by atoms with E-state index in [0.717, 1.165) is 12.8 Å². The van der Waals surface area contributed by atoms with Gasteiger partial charge in [-0.05, 0) is 6.42 Å². The Morgan fingerprint density at radius 2 is 2.38 bits per heavy atom. The summed E-state index contributed by atoms with van der Waals surface area (Å²) in [6, 6.07) is 0. The van der Waals surface area contributed by atoms with Gasteiger partial charge >= 0.3 is 0 Å². The maximum Gasteiger partial charge on any atom is 0.0718 e. The van der Waals surface area contributed by atoms with E-state index in [1.807, 2.05) is 6.92 Å². The molecular formula is C5H10ClNO. The highest BCUT2D eigenvalue weighted by Crippen LogP contribution is 1.93. The molecule has 0 aromatic heterocycles. The van der Waals surface area contributed by atoms with Crippen LogP contribution in [0, 0.1) is 0 Å². The third-order valence-corrected chi connectivity index (χ3v) is 1.14. The molecule has 0 atom stereocenters. The van der Waals surface area contributed by atoms with Crippen LogP contribution in [-0.4, -0.2) is 16.8 Å². The van der Waals surface area contributed by atoms with Gasteiger partial charge in [-0.15, -0.1) is 11.6 Å². The number of halogens is 1. The van der Waals surface area contributed by atoms with Gasteiger partial charge in [0, 0.05) is 0 Å². The molecule has 0 aromatic rings. The zero-order valence-corrected chi connectivity index (χ0v) is 5.65. The van der Waals surface area contributed by atoms with Crippen LogP contribution >= 0.6 is 11.6 Å². The van der Waals surface area contributed by atoms with E-state index < -0.39 is 0 Å². The van der Waals surface area contributed by atoms with Crippen LogP contribution in [0.1, 0.15) is 19.8 Å². The van der Waals surface area contributed by atoms with Crippen molar-refractivity contribution in [3.8, 4) is 0 Å². The third-order valence-electron chi connectivity index (χ3n) is 0.834. The molecule has 0 saturated carbocycles. The van der Waals surface area contributed by atoms with E-state index in [9.17, 15) is 0 Å². The van der Waals surface area contributed by atoms with E-state index in [-0.39, 0.29) is 0 Å². The first kappa shape index (κ1) is 7.76. The summed E-state index contributed by atoms with van der Waals surface area (Å²) in [5.41, 5.74) is 0.661. The highest BCUT2D eigenvalue weighted by molar-refractivity contribution is 6.28. The number of hydrogen-bond acceptors (Lipinski definition) is 2. The molecular weight excluding hydrogens is 126 g/mol. The van der Waals surface area contributed by atoms with Gasteiger partial charge in [0.25, 0.3) is 0 Å². The van der Waals surface area contributed by atoms with Crippen molar-refractivity contribution in [3.05, 3.63) is 0 Å². The summed E-state index contributed by atoms with van der Waals surface area (Å²) < 4.78 is 0. The van der Waals surface area contributed by atoms with Gasteiger partial charge in [-0.2, -0.15) is 0 Å². The normalized spacial score (nSPS) is 12.0. The summed E-state index contributed by atoms with van der Waals surface area (Å²) in [7, 11) is 0. The van der Waals surface area contributed by atoms with E-state index in [1.165, 1.54) is 0 Å². The Bertz CT molecular complexity index is 82.5. The van der Waals surface area contributed by atoms with Crippen LogP contribution in [0.5, 0.6) is 0 Å². The van der Waals surface area contributed by atoms with Crippen molar-refractivity contribution in [3.63, 3.8) is 0 Å². The fourth-order valence-corrected chi connectivity index (χ4v) is 0.619. The van der Waals surface area contributed by atoms with E-state index >= 15 is 0 Å². The van der Waals surface area contributed by atoms with Crippen LogP contribution in [0.2, 0.25) is 0 Å². The van der Waals surface area contributed by atoms with Crippen molar-refractivity contribution in [2.45, 2.75) is 19.8 Å². The lowest BCUT2D eigenvalue weighted by atomic mass is 10.2. The van der Waals surface area contributed by atoms with Crippen molar-refractivity contribution in [1.29, 1.82) is 0 Å². The number of alkyl halides is 1. The molecule has 3 heteroatoms. The second-order valence-corrected chi connectivity index (χ2v) is 1.82. The van der Waals surface area contributed by atoms with Gasteiger partial charge < -0.3 is 5.21 Å². The van der Waals surface area contributed by atoms with Crippen molar-refractivity contribution in [1.82, 2.24) is 0 Å². The molecule has 1 N–H and O–H groups in total. The van der Waals surface area contributed by atoms with Gasteiger partial charge in [-0.1, -0.05) is 18.5 Å². The fraction of sp³-hybridized carbons (Fsp3) is 0.800. The molecule has 0 spiro atoms. The van der Waals surface area contributed by atoms with Crippen LogP contribution in [0.4, 0.5) is 0 Å². The predicted molar refractivity (Wildman–Crippen MR) is 34.8 cm³/mol. The molecule has 0 aromatic carbocycles. The second kappa shape index (κ2) is 4.91. The molecule has 0 bridgehead atoms. The minimum atomic E-state index is 0.338. The van der Waals surface area contributed by atoms with E-state index in [2.05, 4.69) is 5.16 Å². The van der Waals surface area contributed by atoms with Crippen LogP contribution in [0.25, 0.3) is 0 Å². The molecule has 0 saturated heterocycles. The number of nitrogens with zero attached hydrogens (tertiary/aromatic N) is 1. The van der Waals surface area contributed by atoms with Crippen LogP contribution in [-0.2, 0) is 0 Å². The number of oxime groups is 1. The summed E-state index contributed by atoms with van der Waals surface area (Å²) >= 11 is 5.36. The molecule has 0 amide bonds. The first-order valence-electron chi connectivity index (χ1n) is 2.61. The number of rotatable bonds is 3. The maximum atomic E-state index is 8.16. The lowest BCUT2D eigenvalue weighted by molar-refractivity contribution is 0.317. The molecule has 2 nitrogen and oxygen atoms in total. The SMILES string of the molecule is CCCC(CCl)=NO. The standard InChI is InChI=1S/C5H10ClNO/c1-2-3-5(4-6)7-8/h8H,2-4H2,1H3. The van der Waals surface area contributed by atoms with Crippen molar-refractivity contribution >= 4 is 17.3 Å². The molecule has 0 fully saturated rings. The third kappa shape index (κ3) is 2.86. The van der Waals surface area contributed by atoms with Crippen LogP contribution in [0.3, 0.4) is 0 Å². The summed E-state index contributed by atoms with van der Waals surface area (Å²) in [6.07, 6.45) is 1.77. The summed E-state index contributed by atoms with van der Waals surface area (Å²) in [6.45, 7) is 2.01. The topological polar surface area (TPSA) is 32.6 Å². The van der Waals surface area contributed by atoms with Gasteiger partial charge in [0.15, 0.2) is 0 Å². The first-order valence-corrected chi connectivity index (χ1v) is 3.14. The van der Waals surface area contributed by atoms with Gasteiger partial charge in [0.05, 0.1) is 11.6 Å². The van der Waals surface area contributed by atoms with Crippen molar-refractivity contribution in [2.24, 2.45) is 5.16 Å². The molecule has 48 valence electrons. The smallest absolute Gasteiger partial charge is 0.0718 e. The highest BCUT2D eigenvalue weighted by Gasteiger charge is 1.92. The Hall–Kier alpha value is -0.240. The van der Waals surface area contributed by atoms with E-state index in [4.69, 9.17) is 16.8 Å². The van der Waals surface area contributed by atoms with Crippen LogP contribution in [0.15, 0.2) is 5.16 Å². The summed E-state index contributed by atoms with van der Waals surface area (Å²) in [4.78, 5) is 0. The van der Waals surface area contributed by atoms with E-state index in [0.29, 0.717) is 11.6 Å². The van der Waals surface area contributed by atoms with Gasteiger partial charge in [-0.3, -0.25) is 0 Å². The Morgan fingerprint density at radius 3 is 2.50 bits per heavy atom.